The van der Waals surface area contributed by atoms with Crippen molar-refractivity contribution in [3.63, 3.8) is 0 Å². The van der Waals surface area contributed by atoms with Crippen LogP contribution in [0, 0.1) is 0 Å². The van der Waals surface area contributed by atoms with E-state index in [-0.39, 0.29) is 25.4 Å². The number of Topliss-reactive ketones (excluding diaryl/α,β-unsaturated/α-hetero) is 1. The Morgan fingerprint density at radius 1 is 0.531 bits per heavy atom. The highest BCUT2D eigenvalue weighted by atomic mass is 16.8. The van der Waals surface area contributed by atoms with Gasteiger partial charge in [-0.25, -0.2) is 0 Å². The Morgan fingerprint density at radius 2 is 1.06 bits per heavy atom. The van der Waals surface area contributed by atoms with Crippen molar-refractivity contribution >= 4 is 11.7 Å². The van der Waals surface area contributed by atoms with E-state index in [1.165, 1.54) is 90.4 Å². The molecule has 1 amide bonds. The number of aliphatic hydroxyl groups excluding tert-OH is 8. The van der Waals surface area contributed by atoms with Gasteiger partial charge in [0.05, 0.1) is 32.5 Å². The second kappa shape index (κ2) is 32.3. The van der Waals surface area contributed by atoms with Crippen LogP contribution in [0.4, 0.5) is 0 Å². The summed E-state index contributed by atoms with van der Waals surface area (Å²) in [5, 5.41) is 86.7. The fraction of sp³-hybridized carbons (Fsp3) is 0.956. The highest BCUT2D eigenvalue weighted by Crippen LogP contribution is 2.34. The van der Waals surface area contributed by atoms with Crippen LogP contribution in [0.25, 0.3) is 0 Å². The first kappa shape index (κ1) is 56.8. The van der Waals surface area contributed by atoms with Crippen molar-refractivity contribution in [2.75, 3.05) is 46.2 Å². The van der Waals surface area contributed by atoms with Gasteiger partial charge in [0.2, 0.25) is 5.91 Å². The number of aliphatic hydroxyl groups is 8. The number of ketones is 1. The summed E-state index contributed by atoms with van der Waals surface area (Å²) in [5.41, 5.74) is 0. The standard InChI is InChI=1S/C45H83NO18/c1-4-5-6-7-8-9-10-11-12-13-14-15-16-17-19-22-57-24-25-58-28-31(50)21-18-20-23-59-45-42(64-44-40(56)39(55)35(51)29(2)60-44)41(37(53)33(27-48)62-45)63-43-34(46-30(3)49)38(54)36(52)32(26-47)61-43/h29,32-45,47-48,51-56H,4-28H2,1-3H3,(H,46,49)/t29?,32?,33?,34?,35-,36-,37-,38+,39+,40?,41-,42?,43-,44-,45+/m0/s1. The van der Waals surface area contributed by atoms with Crippen molar-refractivity contribution < 1.29 is 88.3 Å². The van der Waals surface area contributed by atoms with Crippen molar-refractivity contribution in [2.24, 2.45) is 0 Å². The lowest BCUT2D eigenvalue weighted by Gasteiger charge is -2.49. The smallest absolute Gasteiger partial charge is 0.217 e. The molecule has 376 valence electrons. The van der Waals surface area contributed by atoms with Crippen LogP contribution in [0.15, 0.2) is 0 Å². The number of hydrogen-bond donors (Lipinski definition) is 9. The maximum atomic E-state index is 12.5. The van der Waals surface area contributed by atoms with Gasteiger partial charge in [0.25, 0.3) is 0 Å². The van der Waals surface area contributed by atoms with Crippen LogP contribution in [0.2, 0.25) is 0 Å². The van der Waals surface area contributed by atoms with E-state index in [9.17, 15) is 50.4 Å². The van der Waals surface area contributed by atoms with E-state index in [1.54, 1.807) is 0 Å². The van der Waals surface area contributed by atoms with Crippen molar-refractivity contribution in [1.82, 2.24) is 5.32 Å². The van der Waals surface area contributed by atoms with E-state index in [2.05, 4.69) is 12.2 Å². The molecule has 0 aromatic carbocycles. The summed E-state index contributed by atoms with van der Waals surface area (Å²) < 4.78 is 46.6. The fourth-order valence-electron chi connectivity index (χ4n) is 8.18. The molecule has 19 heteroatoms. The summed E-state index contributed by atoms with van der Waals surface area (Å²) in [6.07, 6.45) is -1.09. The minimum absolute atomic E-state index is 0.0233. The number of rotatable bonds is 34. The van der Waals surface area contributed by atoms with E-state index >= 15 is 0 Å². The van der Waals surface area contributed by atoms with Gasteiger partial charge >= 0.3 is 0 Å². The summed E-state index contributed by atoms with van der Waals surface area (Å²) in [5.74, 6) is -0.742. The number of nitrogens with one attached hydrogen (secondary N) is 1. The molecule has 64 heavy (non-hydrogen) atoms. The highest BCUT2D eigenvalue weighted by molar-refractivity contribution is 5.79. The molecule has 15 atom stereocenters. The average molecular weight is 926 g/mol. The highest BCUT2D eigenvalue weighted by Gasteiger charge is 2.54. The van der Waals surface area contributed by atoms with E-state index in [1.807, 2.05) is 0 Å². The molecule has 3 fully saturated rings. The molecule has 3 aliphatic rings. The molecule has 0 aromatic heterocycles. The molecule has 19 nitrogen and oxygen atoms in total. The van der Waals surface area contributed by atoms with Crippen molar-refractivity contribution in [1.29, 1.82) is 0 Å². The van der Waals surface area contributed by atoms with Crippen LogP contribution in [0.1, 0.15) is 136 Å². The number of amides is 1. The molecule has 3 aliphatic heterocycles. The minimum atomic E-state index is -1.80. The lowest BCUT2D eigenvalue weighted by molar-refractivity contribution is -0.385. The van der Waals surface area contributed by atoms with E-state index in [0.29, 0.717) is 32.7 Å². The van der Waals surface area contributed by atoms with Crippen molar-refractivity contribution in [3.05, 3.63) is 0 Å². The molecule has 0 radical (unpaired) electrons. The van der Waals surface area contributed by atoms with Crippen molar-refractivity contribution in [3.8, 4) is 0 Å². The summed E-state index contributed by atoms with van der Waals surface area (Å²) in [6, 6.07) is -1.43. The van der Waals surface area contributed by atoms with Crippen LogP contribution < -0.4 is 5.32 Å². The Kier molecular flexibility index (Phi) is 28.7. The SMILES string of the molecule is CCCCCCCCCCCCCCCCCOCCOCC(=O)CCCCO[C@@H]1OC(CO)[C@H](O)[C@H](O[C@@H]2OC(CO)[C@H](O)[C@H](O)C2NC(C)=O)C1O[C@@H]1OC(C)[C@H](O)[C@@H](O)C1O. The average Bonchev–Trinajstić information content (AvgIpc) is 3.27. The van der Waals surface area contributed by atoms with Crippen molar-refractivity contribution in [2.45, 2.75) is 228 Å². The Morgan fingerprint density at radius 3 is 1.66 bits per heavy atom. The monoisotopic (exact) mass is 926 g/mol. The van der Waals surface area contributed by atoms with Crippen LogP contribution >= 0.6 is 0 Å². The molecule has 0 aromatic rings. The molecular formula is C45H83NO18. The van der Waals surface area contributed by atoms with Crippen LogP contribution in [-0.2, 0) is 47.5 Å². The second-order valence-corrected chi connectivity index (χ2v) is 17.5. The lowest BCUT2D eigenvalue weighted by Crippen LogP contribution is -2.68. The third-order valence-electron chi connectivity index (χ3n) is 12.1. The molecule has 9 N–H and O–H groups in total. The van der Waals surface area contributed by atoms with E-state index in [0.717, 1.165) is 19.8 Å². The van der Waals surface area contributed by atoms with E-state index in [4.69, 9.17) is 37.9 Å². The van der Waals surface area contributed by atoms with Gasteiger partial charge in [0, 0.05) is 26.6 Å². The topological polar surface area (TPSA) is 282 Å². The number of hydrogen-bond acceptors (Lipinski definition) is 18. The number of unbranched alkanes of at least 4 members (excludes halogenated alkanes) is 15. The van der Waals surface area contributed by atoms with Gasteiger partial charge in [-0.2, -0.15) is 0 Å². The zero-order chi connectivity index (χ0) is 46.9. The van der Waals surface area contributed by atoms with Gasteiger partial charge in [0.1, 0.15) is 73.7 Å². The molecule has 3 heterocycles. The third-order valence-corrected chi connectivity index (χ3v) is 12.1. The Balaban J connectivity index is 1.41. The van der Waals surface area contributed by atoms with Gasteiger partial charge in [-0.05, 0) is 26.2 Å². The Bertz CT molecular complexity index is 1240. The number of carbonyl (C=O) groups excluding carboxylic acids is 2. The largest absolute Gasteiger partial charge is 0.394 e. The van der Waals surface area contributed by atoms with Crippen LogP contribution in [0.5, 0.6) is 0 Å². The van der Waals surface area contributed by atoms with Gasteiger partial charge < -0.3 is 84.1 Å². The van der Waals surface area contributed by atoms with Gasteiger partial charge in [-0.1, -0.05) is 96.8 Å². The first-order valence-electron chi connectivity index (χ1n) is 24.0. The molecular weight excluding hydrogens is 842 g/mol. The molecule has 3 rings (SSSR count). The summed E-state index contributed by atoms with van der Waals surface area (Å²) >= 11 is 0. The molecule has 6 unspecified atom stereocenters. The summed E-state index contributed by atoms with van der Waals surface area (Å²) in [6.45, 7) is 4.64. The normalized spacial score (nSPS) is 33.3. The zero-order valence-electron chi connectivity index (χ0n) is 38.5. The quantitative estimate of drug-likeness (QED) is 0.0411. The van der Waals surface area contributed by atoms with Crippen LogP contribution in [-0.4, -0.2) is 191 Å². The third kappa shape index (κ3) is 19.6. The van der Waals surface area contributed by atoms with Crippen LogP contribution in [0.3, 0.4) is 0 Å². The maximum absolute atomic E-state index is 12.5. The van der Waals surface area contributed by atoms with Gasteiger partial charge in [-0.3, -0.25) is 9.59 Å². The summed E-state index contributed by atoms with van der Waals surface area (Å²) in [4.78, 5) is 24.6. The Labute approximate surface area is 379 Å². The van der Waals surface area contributed by atoms with Gasteiger partial charge in [0.15, 0.2) is 24.7 Å². The zero-order valence-corrected chi connectivity index (χ0v) is 38.5. The Hall–Kier alpha value is -1.50. The molecule has 0 spiro atoms. The molecule has 0 aliphatic carbocycles. The predicted molar refractivity (Wildman–Crippen MR) is 231 cm³/mol. The minimum Gasteiger partial charge on any atom is -0.394 e. The molecule has 3 saturated heterocycles. The first-order valence-corrected chi connectivity index (χ1v) is 24.0. The maximum Gasteiger partial charge on any atom is 0.217 e. The number of ether oxygens (including phenoxy) is 8. The second-order valence-electron chi connectivity index (χ2n) is 17.5. The van der Waals surface area contributed by atoms with E-state index < -0.39 is 111 Å². The van der Waals surface area contributed by atoms with Gasteiger partial charge in [-0.15, -0.1) is 0 Å². The predicted octanol–water partition coefficient (Wildman–Crippen LogP) is 1.27. The fourth-order valence-corrected chi connectivity index (χ4v) is 8.18. The number of carbonyl (C=O) groups is 2. The first-order chi connectivity index (χ1) is 30.8. The summed E-state index contributed by atoms with van der Waals surface area (Å²) in [7, 11) is 0. The molecule has 0 bridgehead atoms. The molecule has 0 saturated carbocycles. The lowest BCUT2D eigenvalue weighted by atomic mass is 9.95.